The van der Waals surface area contributed by atoms with Crippen LogP contribution < -0.4 is 0 Å². The highest BCUT2D eigenvalue weighted by molar-refractivity contribution is 6.10. The third-order valence-corrected chi connectivity index (χ3v) is 2.23. The van der Waals surface area contributed by atoms with E-state index in [-0.39, 0.29) is 0 Å². The Hall–Kier alpha value is -1.18. The molecule has 0 aromatic rings. The summed E-state index contributed by atoms with van der Waals surface area (Å²) in [5.41, 5.74) is 2.45. The second kappa shape index (κ2) is 2.70. The van der Waals surface area contributed by atoms with Crippen LogP contribution in [0.25, 0.3) is 0 Å². The molecule has 0 bridgehead atoms. The molecule has 0 saturated heterocycles. The Bertz CT molecular complexity index is 306. The quantitative estimate of drug-likeness (QED) is 0.561. The minimum Gasteiger partial charge on any atom is -0.162 e. The lowest BCUT2D eigenvalue weighted by Crippen LogP contribution is -2.12. The van der Waals surface area contributed by atoms with Crippen molar-refractivity contribution < 1.29 is 0 Å². The summed E-state index contributed by atoms with van der Waals surface area (Å²) >= 11 is 0. The first kappa shape index (κ1) is 7.47. The zero-order valence-electron chi connectivity index (χ0n) is 7.36. The molecule has 0 spiro atoms. The van der Waals surface area contributed by atoms with Gasteiger partial charge in [0.25, 0.3) is 0 Å². The highest BCUT2D eigenvalue weighted by Gasteiger charge is 2.18. The Kier molecular flexibility index (Phi) is 1.68. The second-order valence-electron chi connectivity index (χ2n) is 3.47. The number of allylic oxidation sites excluding steroid dienone is 4. The normalized spacial score (nSPS) is 25.8. The van der Waals surface area contributed by atoms with E-state index in [0.717, 1.165) is 5.71 Å². The summed E-state index contributed by atoms with van der Waals surface area (Å²) in [6.07, 6.45) is 8.32. The van der Waals surface area contributed by atoms with Crippen molar-refractivity contribution in [1.82, 2.24) is 0 Å². The average Bonchev–Trinajstić information content (AvgIpc) is 2.49. The fourth-order valence-corrected chi connectivity index (χ4v) is 1.42. The van der Waals surface area contributed by atoms with Gasteiger partial charge in [0.15, 0.2) is 0 Å². The van der Waals surface area contributed by atoms with Crippen molar-refractivity contribution in [3.8, 4) is 0 Å². The van der Waals surface area contributed by atoms with Crippen molar-refractivity contribution >= 4 is 11.9 Å². The van der Waals surface area contributed by atoms with Gasteiger partial charge in [0, 0.05) is 6.21 Å². The summed E-state index contributed by atoms with van der Waals surface area (Å²) in [4.78, 5) is 0. The van der Waals surface area contributed by atoms with Crippen LogP contribution in [0.4, 0.5) is 0 Å². The third-order valence-electron chi connectivity index (χ3n) is 2.23. The van der Waals surface area contributed by atoms with Gasteiger partial charge in [0.2, 0.25) is 0 Å². The molecule has 0 fully saturated rings. The number of fused-ring (bicyclic) bond motifs is 1. The van der Waals surface area contributed by atoms with E-state index in [0.29, 0.717) is 11.8 Å². The molecule has 2 aliphatic rings. The second-order valence-corrected chi connectivity index (χ2v) is 3.47. The molecule has 0 aromatic heterocycles. The lowest BCUT2D eigenvalue weighted by Gasteiger charge is -2.13. The largest absolute Gasteiger partial charge is 0.162 e. The van der Waals surface area contributed by atoms with Gasteiger partial charge in [-0.25, -0.2) is 0 Å². The lowest BCUT2D eigenvalue weighted by atomic mass is 9.90. The first-order valence-electron chi connectivity index (χ1n) is 4.28. The third kappa shape index (κ3) is 1.13. The van der Waals surface area contributed by atoms with Crippen molar-refractivity contribution in [2.45, 2.75) is 13.8 Å². The van der Waals surface area contributed by atoms with Crippen LogP contribution in [0.5, 0.6) is 0 Å². The average molecular weight is 160 g/mol. The fourth-order valence-electron chi connectivity index (χ4n) is 1.42. The van der Waals surface area contributed by atoms with Crippen molar-refractivity contribution in [1.29, 1.82) is 0 Å². The summed E-state index contributed by atoms with van der Waals surface area (Å²) in [6, 6.07) is 0. The van der Waals surface area contributed by atoms with E-state index in [2.05, 4.69) is 42.3 Å². The van der Waals surface area contributed by atoms with Crippen molar-refractivity contribution in [2.24, 2.45) is 22.0 Å². The van der Waals surface area contributed by atoms with E-state index in [1.165, 1.54) is 5.57 Å². The molecule has 12 heavy (non-hydrogen) atoms. The molecule has 1 heterocycles. The van der Waals surface area contributed by atoms with Gasteiger partial charge in [-0.15, -0.1) is 0 Å². The molecule has 1 aliphatic carbocycles. The molecule has 2 nitrogen and oxygen atoms in total. The van der Waals surface area contributed by atoms with Crippen molar-refractivity contribution in [3.63, 3.8) is 0 Å². The van der Waals surface area contributed by atoms with Crippen LogP contribution in [-0.2, 0) is 0 Å². The van der Waals surface area contributed by atoms with Crippen molar-refractivity contribution in [3.05, 3.63) is 23.8 Å². The van der Waals surface area contributed by atoms with E-state index in [1.807, 2.05) is 6.21 Å². The lowest BCUT2D eigenvalue weighted by molar-refractivity contribution is 0.783. The molecule has 0 saturated carbocycles. The minimum atomic E-state index is 0.340. The maximum Gasteiger partial charge on any atom is 0.0753 e. The summed E-state index contributed by atoms with van der Waals surface area (Å²) in [7, 11) is 0. The Morgan fingerprint density at radius 2 is 2.17 bits per heavy atom. The van der Waals surface area contributed by atoms with Gasteiger partial charge in [-0.05, 0) is 17.6 Å². The summed E-state index contributed by atoms with van der Waals surface area (Å²) < 4.78 is 0. The first-order chi connectivity index (χ1) is 5.77. The monoisotopic (exact) mass is 160 g/mol. The highest BCUT2D eigenvalue weighted by Crippen LogP contribution is 2.21. The number of hydrogen-bond donors (Lipinski definition) is 0. The van der Waals surface area contributed by atoms with E-state index >= 15 is 0 Å². The van der Waals surface area contributed by atoms with Gasteiger partial charge >= 0.3 is 0 Å². The SMILES string of the molecule is CC(C)C1=CC2C=NN=C2C=C1. The predicted octanol–water partition coefficient (Wildman–Crippen LogP) is 2.20. The van der Waals surface area contributed by atoms with Crippen LogP contribution in [0, 0.1) is 11.8 Å². The van der Waals surface area contributed by atoms with Gasteiger partial charge in [-0.1, -0.05) is 26.0 Å². The fraction of sp³-hybridized carbons (Fsp3) is 0.400. The molecule has 62 valence electrons. The molecule has 0 radical (unpaired) electrons. The molecule has 1 atom stereocenters. The van der Waals surface area contributed by atoms with Gasteiger partial charge in [-0.2, -0.15) is 10.2 Å². The van der Waals surface area contributed by atoms with Gasteiger partial charge in [-0.3, -0.25) is 0 Å². The molecule has 1 unspecified atom stereocenters. The zero-order chi connectivity index (χ0) is 8.55. The van der Waals surface area contributed by atoms with Crippen LogP contribution in [0.15, 0.2) is 34.0 Å². The summed E-state index contributed by atoms with van der Waals surface area (Å²) in [6.45, 7) is 4.40. The molecule has 0 aromatic carbocycles. The summed E-state index contributed by atoms with van der Waals surface area (Å²) in [5, 5.41) is 7.89. The Morgan fingerprint density at radius 1 is 1.33 bits per heavy atom. The Balaban J connectivity index is 2.28. The standard InChI is InChI=1S/C10H12N2/c1-7(2)8-3-4-10-9(5-8)6-11-12-10/h3-7,9H,1-2H3. The zero-order valence-corrected chi connectivity index (χ0v) is 7.36. The predicted molar refractivity (Wildman–Crippen MR) is 51.5 cm³/mol. The molecule has 1 aliphatic heterocycles. The number of nitrogens with zero attached hydrogens (tertiary/aromatic N) is 2. The smallest absolute Gasteiger partial charge is 0.0753 e. The number of hydrogen-bond acceptors (Lipinski definition) is 2. The minimum absolute atomic E-state index is 0.340. The Labute approximate surface area is 72.4 Å². The van der Waals surface area contributed by atoms with Crippen LogP contribution in [0.3, 0.4) is 0 Å². The van der Waals surface area contributed by atoms with Crippen LogP contribution in [-0.4, -0.2) is 11.9 Å². The molecule has 2 rings (SSSR count). The molecule has 0 N–H and O–H groups in total. The van der Waals surface area contributed by atoms with E-state index in [9.17, 15) is 0 Å². The maximum atomic E-state index is 4.01. The van der Waals surface area contributed by atoms with Gasteiger partial charge in [0.05, 0.1) is 11.6 Å². The maximum absolute atomic E-state index is 4.01. The molecular weight excluding hydrogens is 148 g/mol. The summed E-state index contributed by atoms with van der Waals surface area (Å²) in [5.74, 6) is 0.934. The molecule has 2 heteroatoms. The van der Waals surface area contributed by atoms with E-state index < -0.39 is 0 Å². The van der Waals surface area contributed by atoms with Crippen LogP contribution >= 0.6 is 0 Å². The van der Waals surface area contributed by atoms with Crippen LogP contribution in [0.2, 0.25) is 0 Å². The first-order valence-corrected chi connectivity index (χ1v) is 4.28. The topological polar surface area (TPSA) is 24.7 Å². The number of rotatable bonds is 1. The molecular formula is C10H12N2. The van der Waals surface area contributed by atoms with Crippen LogP contribution in [0.1, 0.15) is 13.8 Å². The highest BCUT2D eigenvalue weighted by atomic mass is 15.2. The van der Waals surface area contributed by atoms with Gasteiger partial charge in [0.1, 0.15) is 0 Å². The molecule has 0 amide bonds. The Morgan fingerprint density at radius 3 is 2.92 bits per heavy atom. The van der Waals surface area contributed by atoms with E-state index in [1.54, 1.807) is 0 Å². The van der Waals surface area contributed by atoms with E-state index in [4.69, 9.17) is 0 Å². The van der Waals surface area contributed by atoms with Gasteiger partial charge < -0.3 is 0 Å². The van der Waals surface area contributed by atoms with Crippen molar-refractivity contribution in [2.75, 3.05) is 0 Å².